The van der Waals surface area contributed by atoms with Crippen LogP contribution in [0.3, 0.4) is 0 Å². The molecule has 0 aliphatic rings. The van der Waals surface area contributed by atoms with E-state index in [4.69, 9.17) is 0 Å². The van der Waals surface area contributed by atoms with Crippen LogP contribution in [0.25, 0.3) is 0 Å². The maximum atomic E-state index is 10.4. The average Bonchev–Trinajstić information content (AvgIpc) is 2.26. The number of aliphatic hydroxyl groups excluding tert-OH is 1. The lowest BCUT2D eigenvalue weighted by Crippen LogP contribution is -2.18. The molecular formula is C9H13N3O3. The van der Waals surface area contributed by atoms with Crippen molar-refractivity contribution in [3.05, 3.63) is 28.4 Å². The van der Waals surface area contributed by atoms with Crippen molar-refractivity contribution in [2.75, 3.05) is 11.9 Å². The summed E-state index contributed by atoms with van der Waals surface area (Å²) >= 11 is 0. The van der Waals surface area contributed by atoms with E-state index in [-0.39, 0.29) is 5.69 Å². The van der Waals surface area contributed by atoms with Crippen LogP contribution in [0.5, 0.6) is 0 Å². The van der Waals surface area contributed by atoms with Gasteiger partial charge in [-0.3, -0.25) is 10.1 Å². The summed E-state index contributed by atoms with van der Waals surface area (Å²) in [6.45, 7) is 2.19. The Labute approximate surface area is 87.1 Å². The zero-order chi connectivity index (χ0) is 11.3. The molecule has 0 aliphatic heterocycles. The Morgan fingerprint density at radius 3 is 3.07 bits per heavy atom. The van der Waals surface area contributed by atoms with Crippen molar-refractivity contribution in [1.82, 2.24) is 4.98 Å². The number of nitrogens with zero attached hydrogens (tertiary/aromatic N) is 2. The third-order valence-corrected chi connectivity index (χ3v) is 1.94. The Morgan fingerprint density at radius 2 is 2.47 bits per heavy atom. The largest absolute Gasteiger partial charge is 0.391 e. The van der Waals surface area contributed by atoms with Crippen molar-refractivity contribution in [3.63, 3.8) is 0 Å². The zero-order valence-corrected chi connectivity index (χ0v) is 8.38. The van der Waals surface area contributed by atoms with Crippen LogP contribution in [0.15, 0.2) is 18.3 Å². The molecule has 0 radical (unpaired) electrons. The number of rotatable bonds is 5. The van der Waals surface area contributed by atoms with E-state index in [0.29, 0.717) is 18.8 Å². The van der Waals surface area contributed by atoms with E-state index in [1.165, 1.54) is 18.3 Å². The summed E-state index contributed by atoms with van der Waals surface area (Å²) in [6, 6.07) is 2.66. The van der Waals surface area contributed by atoms with Gasteiger partial charge in [-0.25, -0.2) is 4.98 Å². The minimum Gasteiger partial charge on any atom is -0.391 e. The normalized spacial score (nSPS) is 12.1. The van der Waals surface area contributed by atoms with E-state index in [2.05, 4.69) is 10.3 Å². The molecule has 0 bridgehead atoms. The van der Waals surface area contributed by atoms with E-state index >= 15 is 0 Å². The average molecular weight is 211 g/mol. The fourth-order valence-corrected chi connectivity index (χ4v) is 0.996. The molecule has 0 spiro atoms. The lowest BCUT2D eigenvalue weighted by atomic mass is 10.3. The van der Waals surface area contributed by atoms with Crippen molar-refractivity contribution >= 4 is 11.5 Å². The van der Waals surface area contributed by atoms with E-state index in [1.54, 1.807) is 0 Å². The fraction of sp³-hybridized carbons (Fsp3) is 0.444. The first kappa shape index (κ1) is 11.4. The molecule has 1 heterocycles. The number of aliphatic hydroxyl groups is 1. The molecular weight excluding hydrogens is 198 g/mol. The molecule has 0 amide bonds. The monoisotopic (exact) mass is 211 g/mol. The first-order valence-corrected chi connectivity index (χ1v) is 4.66. The maximum Gasteiger partial charge on any atom is 0.274 e. The van der Waals surface area contributed by atoms with Crippen molar-refractivity contribution in [2.45, 2.75) is 19.4 Å². The summed E-state index contributed by atoms with van der Waals surface area (Å²) in [5, 5.41) is 22.5. The zero-order valence-electron chi connectivity index (χ0n) is 8.38. The second-order valence-electron chi connectivity index (χ2n) is 3.10. The van der Waals surface area contributed by atoms with Gasteiger partial charge >= 0.3 is 0 Å². The summed E-state index contributed by atoms with van der Waals surface area (Å²) < 4.78 is 0. The Kier molecular flexibility index (Phi) is 3.99. The van der Waals surface area contributed by atoms with Crippen LogP contribution in [0.2, 0.25) is 0 Å². The molecule has 15 heavy (non-hydrogen) atoms. The smallest absolute Gasteiger partial charge is 0.274 e. The van der Waals surface area contributed by atoms with Gasteiger partial charge in [-0.15, -0.1) is 0 Å². The van der Waals surface area contributed by atoms with Gasteiger partial charge in [-0.05, 0) is 6.42 Å². The van der Waals surface area contributed by atoms with Crippen LogP contribution in [0.4, 0.5) is 11.5 Å². The highest BCUT2D eigenvalue weighted by molar-refractivity contribution is 5.44. The Balaban J connectivity index is 2.62. The standard InChI is InChI=1S/C9H13N3O3/c1-2-8(13)6-11-9-5-7(12(14)15)3-4-10-9/h3-5,8,13H,2,6H2,1H3,(H,10,11). The van der Waals surface area contributed by atoms with E-state index < -0.39 is 11.0 Å². The summed E-state index contributed by atoms with van der Waals surface area (Å²) in [5.74, 6) is 0.400. The van der Waals surface area contributed by atoms with Crippen LogP contribution < -0.4 is 5.32 Å². The molecule has 82 valence electrons. The van der Waals surface area contributed by atoms with Crippen LogP contribution >= 0.6 is 0 Å². The second-order valence-corrected chi connectivity index (χ2v) is 3.10. The molecule has 0 saturated carbocycles. The second kappa shape index (κ2) is 5.26. The molecule has 1 aromatic rings. The van der Waals surface area contributed by atoms with E-state index in [1.807, 2.05) is 6.92 Å². The molecule has 1 rings (SSSR count). The number of aromatic nitrogens is 1. The lowest BCUT2D eigenvalue weighted by molar-refractivity contribution is -0.384. The highest BCUT2D eigenvalue weighted by Crippen LogP contribution is 2.13. The molecule has 6 heteroatoms. The SMILES string of the molecule is CCC(O)CNc1cc([N+](=O)[O-])ccn1. The first-order chi connectivity index (χ1) is 7.13. The van der Waals surface area contributed by atoms with Gasteiger partial charge in [0, 0.05) is 18.8 Å². The van der Waals surface area contributed by atoms with Crippen molar-refractivity contribution < 1.29 is 10.0 Å². The van der Waals surface area contributed by atoms with Gasteiger partial charge in [0.05, 0.1) is 17.1 Å². The third-order valence-electron chi connectivity index (χ3n) is 1.94. The van der Waals surface area contributed by atoms with Gasteiger partial charge in [0.15, 0.2) is 0 Å². The van der Waals surface area contributed by atoms with Crippen LogP contribution in [0, 0.1) is 10.1 Å². The fourth-order valence-electron chi connectivity index (χ4n) is 0.996. The summed E-state index contributed by atoms with van der Waals surface area (Å²) in [4.78, 5) is 13.9. The van der Waals surface area contributed by atoms with Gasteiger partial charge < -0.3 is 10.4 Å². The Hall–Kier alpha value is -1.69. The number of nitro groups is 1. The summed E-state index contributed by atoms with van der Waals surface area (Å²) in [7, 11) is 0. The van der Waals surface area contributed by atoms with Crippen LogP contribution in [-0.4, -0.2) is 27.7 Å². The lowest BCUT2D eigenvalue weighted by Gasteiger charge is -2.09. The molecule has 1 unspecified atom stereocenters. The molecule has 0 fully saturated rings. The van der Waals surface area contributed by atoms with Crippen LogP contribution in [0.1, 0.15) is 13.3 Å². The molecule has 1 aromatic heterocycles. The number of hydrogen-bond acceptors (Lipinski definition) is 5. The van der Waals surface area contributed by atoms with Gasteiger partial charge in [-0.1, -0.05) is 6.92 Å². The first-order valence-electron chi connectivity index (χ1n) is 4.66. The van der Waals surface area contributed by atoms with Gasteiger partial charge in [0.1, 0.15) is 5.82 Å². The predicted molar refractivity (Wildman–Crippen MR) is 55.7 cm³/mol. The molecule has 6 nitrogen and oxygen atoms in total. The van der Waals surface area contributed by atoms with Gasteiger partial charge in [-0.2, -0.15) is 0 Å². The van der Waals surface area contributed by atoms with E-state index in [0.717, 1.165) is 0 Å². The summed E-state index contributed by atoms with van der Waals surface area (Å²) in [5.41, 5.74) is -0.0153. The summed E-state index contributed by atoms with van der Waals surface area (Å²) in [6.07, 6.45) is 1.52. The number of anilines is 1. The molecule has 2 N–H and O–H groups in total. The minimum atomic E-state index is -0.483. The molecule has 0 aliphatic carbocycles. The number of pyridine rings is 1. The highest BCUT2D eigenvalue weighted by Gasteiger charge is 2.07. The topological polar surface area (TPSA) is 88.3 Å². The molecule has 1 atom stereocenters. The Bertz CT molecular complexity index is 343. The quantitative estimate of drug-likeness (QED) is 0.563. The maximum absolute atomic E-state index is 10.4. The van der Waals surface area contributed by atoms with Gasteiger partial charge in [0.2, 0.25) is 0 Å². The number of hydrogen-bond donors (Lipinski definition) is 2. The molecule has 0 aromatic carbocycles. The Morgan fingerprint density at radius 1 is 1.73 bits per heavy atom. The van der Waals surface area contributed by atoms with E-state index in [9.17, 15) is 15.2 Å². The highest BCUT2D eigenvalue weighted by atomic mass is 16.6. The van der Waals surface area contributed by atoms with Crippen molar-refractivity contribution in [2.24, 2.45) is 0 Å². The predicted octanol–water partition coefficient (Wildman–Crippen LogP) is 1.17. The van der Waals surface area contributed by atoms with Crippen LogP contribution in [-0.2, 0) is 0 Å². The van der Waals surface area contributed by atoms with Crippen molar-refractivity contribution in [1.29, 1.82) is 0 Å². The van der Waals surface area contributed by atoms with Crippen molar-refractivity contribution in [3.8, 4) is 0 Å². The molecule has 0 saturated heterocycles. The minimum absolute atomic E-state index is 0.0153. The third kappa shape index (κ3) is 3.51. The van der Waals surface area contributed by atoms with Gasteiger partial charge in [0.25, 0.3) is 5.69 Å². The number of nitrogens with one attached hydrogen (secondary N) is 1.